The van der Waals surface area contributed by atoms with Gasteiger partial charge in [0.15, 0.2) is 17.5 Å². The van der Waals surface area contributed by atoms with E-state index in [4.69, 9.17) is 15.0 Å². The lowest BCUT2D eigenvalue weighted by Crippen LogP contribution is -2.00. The van der Waals surface area contributed by atoms with Crippen LogP contribution in [0.1, 0.15) is 0 Å². The van der Waals surface area contributed by atoms with Crippen molar-refractivity contribution in [1.82, 2.24) is 15.0 Å². The molecule has 0 aliphatic heterocycles. The summed E-state index contributed by atoms with van der Waals surface area (Å²) in [4.78, 5) is 15.5. The summed E-state index contributed by atoms with van der Waals surface area (Å²) < 4.78 is 2.48. The molecular formula is C45H27N3S. The van der Waals surface area contributed by atoms with E-state index in [1.54, 1.807) is 0 Å². The fourth-order valence-electron chi connectivity index (χ4n) is 7.10. The van der Waals surface area contributed by atoms with Crippen molar-refractivity contribution in [2.24, 2.45) is 0 Å². The van der Waals surface area contributed by atoms with Gasteiger partial charge in [0.05, 0.1) is 0 Å². The minimum absolute atomic E-state index is 0.659. The molecule has 228 valence electrons. The second-order valence-electron chi connectivity index (χ2n) is 12.4. The molecule has 0 bridgehead atoms. The van der Waals surface area contributed by atoms with Gasteiger partial charge in [-0.1, -0.05) is 140 Å². The van der Waals surface area contributed by atoms with Crippen LogP contribution in [0.3, 0.4) is 0 Å². The molecule has 0 saturated heterocycles. The Morgan fingerprint density at radius 1 is 0.347 bits per heavy atom. The van der Waals surface area contributed by atoms with Crippen LogP contribution >= 0.6 is 11.3 Å². The molecule has 49 heavy (non-hydrogen) atoms. The van der Waals surface area contributed by atoms with Crippen molar-refractivity contribution in [1.29, 1.82) is 0 Å². The first-order valence-corrected chi connectivity index (χ1v) is 17.3. The fourth-order valence-corrected chi connectivity index (χ4v) is 8.40. The van der Waals surface area contributed by atoms with Crippen LogP contribution in [0.15, 0.2) is 164 Å². The summed E-state index contributed by atoms with van der Waals surface area (Å²) in [7, 11) is 0. The maximum absolute atomic E-state index is 5.25. The molecule has 0 spiro atoms. The Bertz CT molecular complexity index is 2890. The predicted molar refractivity (Wildman–Crippen MR) is 207 cm³/mol. The van der Waals surface area contributed by atoms with E-state index >= 15 is 0 Å². The van der Waals surface area contributed by atoms with E-state index in [2.05, 4.69) is 146 Å². The van der Waals surface area contributed by atoms with E-state index in [1.807, 2.05) is 29.5 Å². The zero-order valence-corrected chi connectivity index (χ0v) is 27.2. The average molecular weight is 642 g/mol. The summed E-state index contributed by atoms with van der Waals surface area (Å²) in [6.45, 7) is 0. The second-order valence-corrected chi connectivity index (χ2v) is 13.5. The first-order valence-electron chi connectivity index (χ1n) is 16.4. The number of benzene rings is 8. The third-order valence-electron chi connectivity index (χ3n) is 9.46. The third kappa shape index (κ3) is 4.68. The summed E-state index contributed by atoms with van der Waals surface area (Å²) in [6.07, 6.45) is 0. The Morgan fingerprint density at radius 3 is 1.71 bits per heavy atom. The van der Waals surface area contributed by atoms with Crippen molar-refractivity contribution < 1.29 is 0 Å². The number of rotatable bonds is 4. The highest BCUT2D eigenvalue weighted by Gasteiger charge is 2.21. The zero-order chi connectivity index (χ0) is 32.3. The molecule has 0 atom stereocenters. The zero-order valence-electron chi connectivity index (χ0n) is 26.3. The van der Waals surface area contributed by atoms with Gasteiger partial charge < -0.3 is 0 Å². The van der Waals surface area contributed by atoms with Gasteiger partial charge in [0.1, 0.15) is 0 Å². The van der Waals surface area contributed by atoms with Crippen molar-refractivity contribution in [2.75, 3.05) is 0 Å². The van der Waals surface area contributed by atoms with Gasteiger partial charge in [-0.05, 0) is 62.3 Å². The van der Waals surface area contributed by atoms with Crippen molar-refractivity contribution >= 4 is 63.8 Å². The monoisotopic (exact) mass is 641 g/mol. The van der Waals surface area contributed by atoms with Crippen LogP contribution < -0.4 is 0 Å². The quantitative estimate of drug-likeness (QED) is 0.192. The normalized spacial score (nSPS) is 11.7. The SMILES string of the molecule is c1ccc(-c2nc(-c3ccc4ccccc4c3)nc(-c3cc4cccc(-c5ccc6ccccc6c5)c4c4sc5ccccc5c34)n2)cc1. The molecule has 0 amide bonds. The molecule has 2 heterocycles. The highest BCUT2D eigenvalue weighted by Crippen LogP contribution is 2.46. The van der Waals surface area contributed by atoms with Gasteiger partial charge in [-0.3, -0.25) is 0 Å². The van der Waals surface area contributed by atoms with Crippen LogP contribution in [0.5, 0.6) is 0 Å². The van der Waals surface area contributed by atoms with Crippen LogP contribution in [-0.2, 0) is 0 Å². The van der Waals surface area contributed by atoms with Gasteiger partial charge >= 0.3 is 0 Å². The summed E-state index contributed by atoms with van der Waals surface area (Å²) in [5.74, 6) is 1.99. The molecule has 8 aromatic carbocycles. The number of nitrogens with zero attached hydrogens (tertiary/aromatic N) is 3. The molecule has 3 nitrogen and oxygen atoms in total. The van der Waals surface area contributed by atoms with Crippen molar-refractivity contribution in [3.63, 3.8) is 0 Å². The van der Waals surface area contributed by atoms with Crippen LogP contribution in [0.4, 0.5) is 0 Å². The smallest absolute Gasteiger partial charge is 0.164 e. The van der Waals surface area contributed by atoms with Crippen molar-refractivity contribution in [3.05, 3.63) is 164 Å². The van der Waals surface area contributed by atoms with E-state index < -0.39 is 0 Å². The van der Waals surface area contributed by atoms with Crippen LogP contribution in [0.25, 0.3) is 97.8 Å². The molecule has 0 aliphatic rings. The Balaban J connectivity index is 1.27. The first kappa shape index (κ1) is 27.8. The fraction of sp³-hybridized carbons (Fsp3) is 0. The molecular weight excluding hydrogens is 615 g/mol. The average Bonchev–Trinajstić information content (AvgIpc) is 3.57. The van der Waals surface area contributed by atoms with Gasteiger partial charge in [0, 0.05) is 42.2 Å². The molecule has 0 radical (unpaired) electrons. The van der Waals surface area contributed by atoms with Gasteiger partial charge in [0.2, 0.25) is 0 Å². The third-order valence-corrected chi connectivity index (χ3v) is 10.7. The lowest BCUT2D eigenvalue weighted by atomic mass is 9.93. The Hall–Kier alpha value is -6.23. The van der Waals surface area contributed by atoms with E-state index in [9.17, 15) is 0 Å². The van der Waals surface area contributed by atoms with Gasteiger partial charge in [-0.25, -0.2) is 15.0 Å². The number of hydrogen-bond acceptors (Lipinski definition) is 4. The number of aromatic nitrogens is 3. The largest absolute Gasteiger partial charge is 0.208 e. The van der Waals surface area contributed by atoms with E-state index in [0.29, 0.717) is 17.5 Å². The topological polar surface area (TPSA) is 38.7 Å². The van der Waals surface area contributed by atoms with Crippen LogP contribution in [0.2, 0.25) is 0 Å². The first-order chi connectivity index (χ1) is 24.3. The molecule has 10 rings (SSSR count). The van der Waals surface area contributed by atoms with Crippen LogP contribution in [0, 0.1) is 0 Å². The molecule has 0 aliphatic carbocycles. The van der Waals surface area contributed by atoms with Crippen molar-refractivity contribution in [3.8, 4) is 45.3 Å². The summed E-state index contributed by atoms with van der Waals surface area (Å²) in [6, 6.07) is 58.0. The van der Waals surface area contributed by atoms with Gasteiger partial charge in [-0.2, -0.15) is 0 Å². The van der Waals surface area contributed by atoms with Crippen LogP contribution in [-0.4, -0.2) is 15.0 Å². The summed E-state index contributed by atoms with van der Waals surface area (Å²) in [5, 5.41) is 9.62. The minimum Gasteiger partial charge on any atom is -0.208 e. The van der Waals surface area contributed by atoms with Gasteiger partial charge in [-0.15, -0.1) is 11.3 Å². The molecule has 0 unspecified atom stereocenters. The maximum atomic E-state index is 5.25. The molecule has 4 heteroatoms. The molecule has 10 aromatic rings. The van der Waals surface area contributed by atoms with E-state index in [-0.39, 0.29) is 0 Å². The van der Waals surface area contributed by atoms with E-state index in [0.717, 1.165) is 27.5 Å². The maximum Gasteiger partial charge on any atom is 0.164 e. The van der Waals surface area contributed by atoms with E-state index in [1.165, 1.54) is 52.8 Å². The molecule has 0 N–H and O–H groups in total. The minimum atomic E-state index is 0.659. The Morgan fingerprint density at radius 2 is 0.939 bits per heavy atom. The number of thiophene rings is 1. The Kier molecular flexibility index (Phi) is 6.36. The lowest BCUT2D eigenvalue weighted by Gasteiger charge is -2.14. The standard InChI is InChI=1S/C45H27N3S/c1-2-13-30(14-3-1)43-46-44(35-24-22-29-12-5-7-16-32(29)26-35)48-45(47-43)38-27-34-17-10-19-36(33-23-21-28-11-4-6-15-31(28)25-33)40(34)42-41(38)37-18-8-9-20-39(37)49-42/h1-27H. The highest BCUT2D eigenvalue weighted by atomic mass is 32.1. The summed E-state index contributed by atoms with van der Waals surface area (Å²) >= 11 is 1.84. The second kappa shape index (κ2) is 11.2. The highest BCUT2D eigenvalue weighted by molar-refractivity contribution is 7.26. The number of hydrogen-bond donors (Lipinski definition) is 0. The molecule has 2 aromatic heterocycles. The summed E-state index contributed by atoms with van der Waals surface area (Å²) in [5.41, 5.74) is 5.37. The molecule has 0 saturated carbocycles. The van der Waals surface area contributed by atoms with Gasteiger partial charge in [0.25, 0.3) is 0 Å². The Labute approximate surface area is 286 Å². The number of fused-ring (bicyclic) bond motifs is 7. The predicted octanol–water partition coefficient (Wildman–Crippen LogP) is 12.4. The lowest BCUT2D eigenvalue weighted by molar-refractivity contribution is 1.08. The molecule has 0 fully saturated rings. The van der Waals surface area contributed by atoms with Crippen molar-refractivity contribution in [2.45, 2.75) is 0 Å².